The number of thiazole rings is 1. The number of hydrogen-bond donors (Lipinski definition) is 0. The molecule has 1 aromatic carbocycles. The summed E-state index contributed by atoms with van der Waals surface area (Å²) >= 11 is 7.24. The SMILES string of the molecule is CN(c1ccc(F)cc1)S(=O)(=O)c1c(Cl)nc2sccn12. The smallest absolute Gasteiger partial charge is 0.278 e. The predicted octanol–water partition coefficient (Wildman–Crippen LogP) is 3.01. The Morgan fingerprint density at radius 3 is 2.67 bits per heavy atom. The fraction of sp³-hybridized carbons (Fsp3) is 0.0833. The van der Waals surface area contributed by atoms with E-state index in [1.165, 1.54) is 47.1 Å². The fourth-order valence-electron chi connectivity index (χ4n) is 1.89. The van der Waals surface area contributed by atoms with Gasteiger partial charge in [0.15, 0.2) is 15.1 Å². The highest BCUT2D eigenvalue weighted by Crippen LogP contribution is 2.29. The van der Waals surface area contributed by atoms with Crippen molar-refractivity contribution in [1.82, 2.24) is 9.38 Å². The van der Waals surface area contributed by atoms with Crippen LogP contribution in [0.1, 0.15) is 0 Å². The molecule has 0 radical (unpaired) electrons. The normalized spacial score (nSPS) is 12.0. The molecule has 0 aliphatic heterocycles. The Morgan fingerprint density at radius 1 is 1.33 bits per heavy atom. The van der Waals surface area contributed by atoms with Crippen LogP contribution >= 0.6 is 22.9 Å². The second-order valence-corrected chi connectivity index (χ2v) is 7.33. The number of nitrogens with zero attached hydrogens (tertiary/aromatic N) is 3. The van der Waals surface area contributed by atoms with E-state index in [-0.39, 0.29) is 10.2 Å². The van der Waals surface area contributed by atoms with Crippen LogP contribution in [-0.4, -0.2) is 24.9 Å². The van der Waals surface area contributed by atoms with E-state index >= 15 is 0 Å². The Kier molecular flexibility index (Phi) is 3.39. The molecule has 21 heavy (non-hydrogen) atoms. The zero-order valence-corrected chi connectivity index (χ0v) is 13.1. The van der Waals surface area contributed by atoms with E-state index in [0.717, 1.165) is 4.31 Å². The van der Waals surface area contributed by atoms with Crippen molar-refractivity contribution in [2.75, 3.05) is 11.4 Å². The highest BCUT2D eigenvalue weighted by molar-refractivity contribution is 7.92. The van der Waals surface area contributed by atoms with Gasteiger partial charge in [0, 0.05) is 18.6 Å². The van der Waals surface area contributed by atoms with E-state index in [0.29, 0.717) is 10.6 Å². The molecular weight excluding hydrogens is 337 g/mol. The number of benzene rings is 1. The first-order chi connectivity index (χ1) is 9.91. The molecule has 0 atom stereocenters. The fourth-order valence-corrected chi connectivity index (χ4v) is 4.49. The van der Waals surface area contributed by atoms with E-state index in [4.69, 9.17) is 11.6 Å². The molecule has 0 saturated heterocycles. The first-order valence-electron chi connectivity index (χ1n) is 5.77. The molecule has 0 saturated carbocycles. The van der Waals surface area contributed by atoms with Crippen LogP contribution < -0.4 is 4.31 Å². The number of imidazole rings is 1. The van der Waals surface area contributed by atoms with Gasteiger partial charge < -0.3 is 0 Å². The number of anilines is 1. The quantitative estimate of drug-likeness (QED) is 0.733. The van der Waals surface area contributed by atoms with Crippen LogP contribution in [0.15, 0.2) is 40.9 Å². The maximum Gasteiger partial charge on any atom is 0.283 e. The maximum atomic E-state index is 12.9. The van der Waals surface area contributed by atoms with Gasteiger partial charge >= 0.3 is 0 Å². The lowest BCUT2D eigenvalue weighted by Crippen LogP contribution is -2.27. The lowest BCUT2D eigenvalue weighted by molar-refractivity contribution is 0.589. The van der Waals surface area contributed by atoms with Gasteiger partial charge in [-0.15, -0.1) is 11.3 Å². The van der Waals surface area contributed by atoms with Crippen molar-refractivity contribution in [2.24, 2.45) is 0 Å². The molecule has 2 heterocycles. The average Bonchev–Trinajstić information content (AvgIpc) is 2.98. The van der Waals surface area contributed by atoms with Gasteiger partial charge in [0.05, 0.1) is 5.69 Å². The number of fused-ring (bicyclic) bond motifs is 1. The van der Waals surface area contributed by atoms with E-state index < -0.39 is 15.8 Å². The highest BCUT2D eigenvalue weighted by Gasteiger charge is 2.29. The van der Waals surface area contributed by atoms with Crippen LogP contribution in [0.25, 0.3) is 4.96 Å². The number of halogens is 2. The van der Waals surface area contributed by atoms with Crippen molar-refractivity contribution in [1.29, 1.82) is 0 Å². The summed E-state index contributed by atoms with van der Waals surface area (Å²) in [6.07, 6.45) is 1.59. The third kappa shape index (κ3) is 2.29. The molecule has 0 amide bonds. The third-order valence-corrected chi connectivity index (χ3v) is 5.92. The zero-order valence-electron chi connectivity index (χ0n) is 10.7. The molecule has 0 aliphatic rings. The molecule has 3 aromatic rings. The minimum absolute atomic E-state index is 0.0872. The Bertz CT molecular complexity index is 902. The number of hydrogen-bond acceptors (Lipinski definition) is 4. The number of aromatic nitrogens is 2. The molecule has 0 aliphatic carbocycles. The predicted molar refractivity (Wildman–Crippen MR) is 80.1 cm³/mol. The molecule has 2 aromatic heterocycles. The van der Waals surface area contributed by atoms with Crippen molar-refractivity contribution < 1.29 is 12.8 Å². The van der Waals surface area contributed by atoms with Crippen LogP contribution in [0.5, 0.6) is 0 Å². The van der Waals surface area contributed by atoms with Gasteiger partial charge in [-0.05, 0) is 24.3 Å². The topological polar surface area (TPSA) is 54.7 Å². The van der Waals surface area contributed by atoms with Gasteiger partial charge in [0.25, 0.3) is 10.0 Å². The lowest BCUT2D eigenvalue weighted by atomic mass is 10.3. The summed E-state index contributed by atoms with van der Waals surface area (Å²) in [7, 11) is -2.52. The molecule has 9 heteroatoms. The molecule has 0 N–H and O–H groups in total. The van der Waals surface area contributed by atoms with Crippen molar-refractivity contribution in [3.8, 4) is 0 Å². The Balaban J connectivity index is 2.13. The maximum absolute atomic E-state index is 12.9. The molecular formula is C12H9ClFN3O2S2. The summed E-state index contributed by atoms with van der Waals surface area (Å²) in [5.74, 6) is -0.438. The second-order valence-electron chi connectivity index (χ2n) is 4.21. The van der Waals surface area contributed by atoms with Crippen molar-refractivity contribution in [2.45, 2.75) is 5.03 Å². The summed E-state index contributed by atoms with van der Waals surface area (Å²) in [6, 6.07) is 5.15. The lowest BCUT2D eigenvalue weighted by Gasteiger charge is -2.18. The van der Waals surface area contributed by atoms with Gasteiger partial charge in [-0.3, -0.25) is 8.71 Å². The van der Waals surface area contributed by atoms with Gasteiger partial charge in [0.2, 0.25) is 0 Å². The Labute approximate surface area is 129 Å². The van der Waals surface area contributed by atoms with Crippen molar-refractivity contribution >= 4 is 43.6 Å². The van der Waals surface area contributed by atoms with Gasteiger partial charge in [0.1, 0.15) is 5.82 Å². The van der Waals surface area contributed by atoms with Crippen molar-refractivity contribution in [3.05, 3.63) is 46.8 Å². The van der Waals surface area contributed by atoms with Crippen LogP contribution in [0, 0.1) is 5.82 Å². The molecule has 0 fully saturated rings. The van der Waals surface area contributed by atoms with E-state index in [2.05, 4.69) is 4.98 Å². The van der Waals surface area contributed by atoms with Gasteiger partial charge in [-0.25, -0.2) is 9.37 Å². The van der Waals surface area contributed by atoms with Crippen LogP contribution in [-0.2, 0) is 10.0 Å². The van der Waals surface area contributed by atoms with Crippen LogP contribution in [0.4, 0.5) is 10.1 Å². The summed E-state index contributed by atoms with van der Waals surface area (Å²) in [6.45, 7) is 0. The minimum Gasteiger partial charge on any atom is -0.278 e. The van der Waals surface area contributed by atoms with Crippen molar-refractivity contribution in [3.63, 3.8) is 0 Å². The van der Waals surface area contributed by atoms with E-state index in [9.17, 15) is 12.8 Å². The minimum atomic E-state index is -3.90. The summed E-state index contributed by atoms with van der Waals surface area (Å²) in [5.41, 5.74) is 0.331. The molecule has 0 unspecified atom stereocenters. The molecule has 0 spiro atoms. The molecule has 5 nitrogen and oxygen atoms in total. The number of sulfonamides is 1. The van der Waals surface area contributed by atoms with E-state index in [1.54, 1.807) is 11.6 Å². The van der Waals surface area contributed by atoms with E-state index in [1.807, 2.05) is 0 Å². The molecule has 0 bridgehead atoms. The third-order valence-electron chi connectivity index (χ3n) is 2.97. The van der Waals surface area contributed by atoms with Gasteiger partial charge in [-0.2, -0.15) is 8.42 Å². The monoisotopic (exact) mass is 345 g/mol. The standard InChI is InChI=1S/C12H9ClFN3O2S2/c1-16(9-4-2-8(14)3-5-9)21(18,19)11-10(13)15-12-17(11)6-7-20-12/h2-7H,1H3. The van der Waals surface area contributed by atoms with Crippen LogP contribution in [0.2, 0.25) is 5.15 Å². The Morgan fingerprint density at radius 2 is 2.00 bits per heavy atom. The average molecular weight is 346 g/mol. The Hall–Kier alpha value is -1.64. The summed E-state index contributed by atoms with van der Waals surface area (Å²) in [5, 5.41) is 1.53. The largest absolute Gasteiger partial charge is 0.283 e. The first-order valence-corrected chi connectivity index (χ1v) is 8.46. The second kappa shape index (κ2) is 4.97. The number of rotatable bonds is 3. The highest BCUT2D eigenvalue weighted by atomic mass is 35.5. The molecule has 3 rings (SSSR count). The molecule has 110 valence electrons. The zero-order chi connectivity index (χ0) is 15.2. The van der Waals surface area contributed by atoms with Gasteiger partial charge in [-0.1, -0.05) is 11.6 Å². The summed E-state index contributed by atoms with van der Waals surface area (Å²) < 4.78 is 40.8. The summed E-state index contributed by atoms with van der Waals surface area (Å²) in [4.78, 5) is 4.50. The first kappa shape index (κ1) is 14.3. The van der Waals surface area contributed by atoms with Crippen LogP contribution in [0.3, 0.4) is 0 Å².